The number of carbonyl (C=O) groups excluding carboxylic acids is 2. The molecule has 6 heteroatoms. The highest BCUT2D eigenvalue weighted by Gasteiger charge is 2.36. The van der Waals surface area contributed by atoms with Gasteiger partial charge in [-0.15, -0.1) is 0 Å². The van der Waals surface area contributed by atoms with Gasteiger partial charge in [-0.3, -0.25) is 14.5 Å². The molecule has 0 radical (unpaired) electrons. The van der Waals surface area contributed by atoms with Crippen molar-refractivity contribution in [1.29, 1.82) is 0 Å². The summed E-state index contributed by atoms with van der Waals surface area (Å²) >= 11 is 0. The van der Waals surface area contributed by atoms with Gasteiger partial charge in [0.25, 0.3) is 0 Å². The molecule has 0 spiro atoms. The van der Waals surface area contributed by atoms with Crippen LogP contribution in [0.25, 0.3) is 0 Å². The molecule has 0 unspecified atom stereocenters. The van der Waals surface area contributed by atoms with Crippen molar-refractivity contribution in [2.75, 3.05) is 24.5 Å². The number of fused-ring (bicyclic) bond motifs is 1. The summed E-state index contributed by atoms with van der Waals surface area (Å²) in [5.74, 6) is -0.361. The van der Waals surface area contributed by atoms with Crippen molar-refractivity contribution in [3.63, 3.8) is 0 Å². The Morgan fingerprint density at radius 2 is 1.79 bits per heavy atom. The van der Waals surface area contributed by atoms with Crippen LogP contribution in [-0.2, 0) is 29.6 Å². The predicted molar refractivity (Wildman–Crippen MR) is 129 cm³/mol. The summed E-state index contributed by atoms with van der Waals surface area (Å²) in [4.78, 5) is 29.8. The molecule has 2 aromatic carbocycles. The maximum absolute atomic E-state index is 13.1. The molecular weight excluding hydrogens is 412 g/mol. The first-order chi connectivity index (χ1) is 16.1. The van der Waals surface area contributed by atoms with E-state index in [-0.39, 0.29) is 30.2 Å². The molecule has 1 fully saturated rings. The second kappa shape index (κ2) is 9.24. The van der Waals surface area contributed by atoms with Crippen LogP contribution in [0.4, 0.5) is 5.69 Å². The van der Waals surface area contributed by atoms with Gasteiger partial charge in [0.2, 0.25) is 11.8 Å². The van der Waals surface area contributed by atoms with E-state index in [9.17, 15) is 9.59 Å². The Labute approximate surface area is 194 Å². The van der Waals surface area contributed by atoms with E-state index in [0.717, 1.165) is 25.2 Å². The number of nitrogens with zero attached hydrogens (tertiary/aromatic N) is 3. The molecule has 3 heterocycles. The third-order valence-electron chi connectivity index (χ3n) is 6.96. The number of anilines is 1. The number of rotatable bonds is 6. The van der Waals surface area contributed by atoms with E-state index in [1.165, 1.54) is 16.8 Å². The van der Waals surface area contributed by atoms with Gasteiger partial charge in [-0.2, -0.15) is 0 Å². The Morgan fingerprint density at radius 3 is 2.55 bits per heavy atom. The number of hydrogen-bond donors (Lipinski definition) is 1. The normalized spacial score (nSPS) is 19.4. The van der Waals surface area contributed by atoms with Crippen LogP contribution in [0.1, 0.15) is 29.3 Å². The second-order valence-electron chi connectivity index (χ2n) is 9.04. The SMILES string of the molecule is Cn1cccc1[C@@H](CNC(=O)[C@@H]1CC(=O)N(c2ccccc2)C1)N1CCc2ccccc2C1. The zero-order valence-corrected chi connectivity index (χ0v) is 19.0. The van der Waals surface area contributed by atoms with Crippen LogP contribution in [0.3, 0.4) is 0 Å². The van der Waals surface area contributed by atoms with E-state index in [1.54, 1.807) is 4.90 Å². The maximum atomic E-state index is 13.1. The van der Waals surface area contributed by atoms with Crippen LogP contribution in [-0.4, -0.2) is 40.9 Å². The summed E-state index contributed by atoms with van der Waals surface area (Å²) < 4.78 is 2.13. The van der Waals surface area contributed by atoms with Crippen LogP contribution in [0.2, 0.25) is 0 Å². The number of nitrogens with one attached hydrogen (secondary N) is 1. The highest BCUT2D eigenvalue weighted by molar-refractivity contribution is 6.00. The van der Waals surface area contributed by atoms with Gasteiger partial charge in [-0.05, 0) is 41.8 Å². The zero-order chi connectivity index (χ0) is 22.8. The van der Waals surface area contributed by atoms with Gasteiger partial charge >= 0.3 is 0 Å². The molecule has 2 aliphatic rings. The van der Waals surface area contributed by atoms with E-state index >= 15 is 0 Å². The standard InChI is InChI=1S/C27H30N4O2/c1-29-14-7-12-24(29)25(30-15-13-20-8-5-6-9-21(20)18-30)17-28-27(33)22-16-26(32)31(19-22)23-10-3-2-4-11-23/h2-12,14,22,25H,13,15-19H2,1H3,(H,28,33)/t22-,25-/m1/s1. The molecule has 0 aliphatic carbocycles. The molecule has 1 N–H and O–H groups in total. The molecule has 0 bridgehead atoms. The molecule has 170 valence electrons. The Hall–Kier alpha value is -3.38. The third kappa shape index (κ3) is 4.44. The van der Waals surface area contributed by atoms with E-state index < -0.39 is 0 Å². The van der Waals surface area contributed by atoms with Gasteiger partial charge in [0.05, 0.1) is 12.0 Å². The van der Waals surface area contributed by atoms with Crippen LogP contribution in [0, 0.1) is 5.92 Å². The third-order valence-corrected chi connectivity index (χ3v) is 6.96. The first-order valence-electron chi connectivity index (χ1n) is 11.7. The quantitative estimate of drug-likeness (QED) is 0.637. The van der Waals surface area contributed by atoms with E-state index in [4.69, 9.17) is 0 Å². The number of amides is 2. The summed E-state index contributed by atoms with van der Waals surface area (Å²) in [6, 6.07) is 22.4. The number of carbonyl (C=O) groups is 2. The largest absolute Gasteiger partial charge is 0.354 e. The van der Waals surface area contributed by atoms with Gasteiger partial charge in [0, 0.05) is 57.2 Å². The lowest BCUT2D eigenvalue weighted by Gasteiger charge is -2.36. The molecule has 33 heavy (non-hydrogen) atoms. The van der Waals surface area contributed by atoms with Crippen molar-refractivity contribution >= 4 is 17.5 Å². The fourth-order valence-corrected chi connectivity index (χ4v) is 5.11. The first-order valence-corrected chi connectivity index (χ1v) is 11.7. The minimum atomic E-state index is -0.325. The number of para-hydroxylation sites is 1. The number of aryl methyl sites for hydroxylation is 1. The van der Waals surface area contributed by atoms with Crippen molar-refractivity contribution in [2.45, 2.75) is 25.4 Å². The molecule has 3 aromatic rings. The monoisotopic (exact) mass is 442 g/mol. The van der Waals surface area contributed by atoms with Gasteiger partial charge < -0.3 is 14.8 Å². The molecule has 6 nitrogen and oxygen atoms in total. The molecule has 1 aromatic heterocycles. The van der Waals surface area contributed by atoms with Crippen molar-refractivity contribution in [1.82, 2.24) is 14.8 Å². The molecule has 1 saturated heterocycles. The zero-order valence-electron chi connectivity index (χ0n) is 19.0. The van der Waals surface area contributed by atoms with Gasteiger partial charge in [0.15, 0.2) is 0 Å². The molecule has 2 amide bonds. The summed E-state index contributed by atoms with van der Waals surface area (Å²) in [6.45, 7) is 2.77. The summed E-state index contributed by atoms with van der Waals surface area (Å²) in [6.07, 6.45) is 3.32. The first kappa shape index (κ1) is 21.5. The highest BCUT2D eigenvalue weighted by Crippen LogP contribution is 2.29. The number of hydrogen-bond acceptors (Lipinski definition) is 3. The average molecular weight is 443 g/mol. The van der Waals surface area contributed by atoms with Crippen molar-refractivity contribution in [2.24, 2.45) is 13.0 Å². The van der Waals surface area contributed by atoms with E-state index in [0.29, 0.717) is 13.1 Å². The highest BCUT2D eigenvalue weighted by atomic mass is 16.2. The lowest BCUT2D eigenvalue weighted by atomic mass is 9.97. The summed E-state index contributed by atoms with van der Waals surface area (Å²) in [5, 5.41) is 3.18. The Kier molecular flexibility index (Phi) is 6.01. The van der Waals surface area contributed by atoms with Crippen LogP contribution in [0.5, 0.6) is 0 Å². The summed E-state index contributed by atoms with van der Waals surface area (Å²) in [5.41, 5.74) is 4.80. The van der Waals surface area contributed by atoms with Gasteiger partial charge in [-0.25, -0.2) is 0 Å². The fraction of sp³-hybridized carbons (Fsp3) is 0.333. The van der Waals surface area contributed by atoms with E-state index in [1.807, 2.05) is 30.3 Å². The lowest BCUT2D eigenvalue weighted by molar-refractivity contribution is -0.126. The Balaban J connectivity index is 1.28. The second-order valence-corrected chi connectivity index (χ2v) is 9.04. The van der Waals surface area contributed by atoms with Crippen molar-refractivity contribution in [3.8, 4) is 0 Å². The van der Waals surface area contributed by atoms with Crippen molar-refractivity contribution < 1.29 is 9.59 Å². The van der Waals surface area contributed by atoms with E-state index in [2.05, 4.69) is 64.4 Å². The lowest BCUT2D eigenvalue weighted by Crippen LogP contribution is -2.43. The fourth-order valence-electron chi connectivity index (χ4n) is 5.11. The molecule has 5 rings (SSSR count). The van der Waals surface area contributed by atoms with Crippen molar-refractivity contribution in [3.05, 3.63) is 89.7 Å². The number of aromatic nitrogens is 1. The van der Waals surface area contributed by atoms with Crippen LogP contribution in [0.15, 0.2) is 72.9 Å². The molecule has 2 atom stereocenters. The smallest absolute Gasteiger partial charge is 0.227 e. The molecular formula is C27H30N4O2. The minimum Gasteiger partial charge on any atom is -0.354 e. The van der Waals surface area contributed by atoms with Crippen LogP contribution < -0.4 is 10.2 Å². The Morgan fingerprint density at radius 1 is 1.03 bits per heavy atom. The summed E-state index contributed by atoms with van der Waals surface area (Å²) in [7, 11) is 2.05. The predicted octanol–water partition coefficient (Wildman–Crippen LogP) is 3.29. The molecule has 2 aliphatic heterocycles. The minimum absolute atomic E-state index is 0.00738. The van der Waals surface area contributed by atoms with Gasteiger partial charge in [0.1, 0.15) is 0 Å². The average Bonchev–Trinajstić information content (AvgIpc) is 3.45. The molecule has 0 saturated carbocycles. The maximum Gasteiger partial charge on any atom is 0.227 e. The topological polar surface area (TPSA) is 57.6 Å². The Bertz CT molecular complexity index is 1140. The number of benzene rings is 2. The van der Waals surface area contributed by atoms with Gasteiger partial charge in [-0.1, -0.05) is 42.5 Å². The van der Waals surface area contributed by atoms with Crippen LogP contribution >= 0.6 is 0 Å².